The van der Waals surface area contributed by atoms with Gasteiger partial charge in [0, 0.05) is 6.54 Å². The molecular formula is C12H21NOS. The first-order valence-corrected chi connectivity index (χ1v) is 6.63. The van der Waals surface area contributed by atoms with E-state index in [1.54, 1.807) is 11.3 Å². The molecule has 1 heterocycles. The van der Waals surface area contributed by atoms with Crippen LogP contribution < -0.4 is 5.32 Å². The Bertz CT molecular complexity index is 244. The summed E-state index contributed by atoms with van der Waals surface area (Å²) in [6, 6.07) is 1.98. The van der Waals surface area contributed by atoms with Crippen molar-refractivity contribution in [2.24, 2.45) is 5.92 Å². The van der Waals surface area contributed by atoms with Crippen molar-refractivity contribution in [1.82, 2.24) is 5.32 Å². The van der Waals surface area contributed by atoms with Crippen molar-refractivity contribution in [2.75, 3.05) is 13.1 Å². The molecule has 0 aliphatic rings. The Morgan fingerprint density at radius 3 is 2.60 bits per heavy atom. The third-order valence-electron chi connectivity index (χ3n) is 2.85. The van der Waals surface area contributed by atoms with Gasteiger partial charge in [-0.05, 0) is 34.9 Å². The summed E-state index contributed by atoms with van der Waals surface area (Å²) in [6.07, 6.45) is 2.06. The van der Waals surface area contributed by atoms with Gasteiger partial charge in [0.25, 0.3) is 0 Å². The van der Waals surface area contributed by atoms with Crippen LogP contribution in [0, 0.1) is 5.92 Å². The van der Waals surface area contributed by atoms with Crippen LogP contribution in [0.4, 0.5) is 0 Å². The van der Waals surface area contributed by atoms with Crippen molar-refractivity contribution in [2.45, 2.75) is 32.8 Å². The molecule has 1 aromatic rings. The summed E-state index contributed by atoms with van der Waals surface area (Å²) in [4.78, 5) is 0. The third-order valence-corrected chi connectivity index (χ3v) is 3.55. The first-order valence-electron chi connectivity index (χ1n) is 5.68. The van der Waals surface area contributed by atoms with E-state index < -0.39 is 0 Å². The van der Waals surface area contributed by atoms with E-state index in [1.807, 2.05) is 16.8 Å². The van der Waals surface area contributed by atoms with E-state index in [0.29, 0.717) is 6.54 Å². The van der Waals surface area contributed by atoms with Gasteiger partial charge in [-0.3, -0.25) is 0 Å². The largest absolute Gasteiger partial charge is 0.387 e. The molecule has 0 amide bonds. The lowest BCUT2D eigenvalue weighted by atomic mass is 10.0. The molecular weight excluding hydrogens is 206 g/mol. The van der Waals surface area contributed by atoms with Crippen LogP contribution in [0.3, 0.4) is 0 Å². The summed E-state index contributed by atoms with van der Waals surface area (Å²) in [5, 5.41) is 17.1. The molecule has 1 atom stereocenters. The van der Waals surface area contributed by atoms with Crippen molar-refractivity contribution in [1.29, 1.82) is 0 Å². The molecule has 1 unspecified atom stereocenters. The van der Waals surface area contributed by atoms with Gasteiger partial charge in [0.1, 0.15) is 0 Å². The fourth-order valence-electron chi connectivity index (χ4n) is 1.58. The van der Waals surface area contributed by atoms with Crippen LogP contribution in [0.5, 0.6) is 0 Å². The molecule has 2 N–H and O–H groups in total. The maximum Gasteiger partial charge on any atom is 0.0922 e. The minimum absolute atomic E-state index is 0.356. The standard InChI is InChI=1S/C12H21NOS/c1-3-10(4-2)7-13-8-12(14)11-5-6-15-9-11/h5-6,9-10,12-14H,3-4,7-8H2,1-2H3. The Morgan fingerprint density at radius 2 is 2.07 bits per heavy atom. The third kappa shape index (κ3) is 4.33. The van der Waals surface area contributed by atoms with Crippen LogP contribution in [-0.2, 0) is 0 Å². The highest BCUT2D eigenvalue weighted by molar-refractivity contribution is 7.07. The van der Waals surface area contributed by atoms with Gasteiger partial charge in [-0.1, -0.05) is 26.7 Å². The molecule has 0 saturated carbocycles. The average molecular weight is 227 g/mol. The normalized spacial score (nSPS) is 13.3. The van der Waals surface area contributed by atoms with Crippen LogP contribution in [-0.4, -0.2) is 18.2 Å². The van der Waals surface area contributed by atoms with Crippen LogP contribution >= 0.6 is 11.3 Å². The highest BCUT2D eigenvalue weighted by atomic mass is 32.1. The van der Waals surface area contributed by atoms with Crippen molar-refractivity contribution in [3.63, 3.8) is 0 Å². The van der Waals surface area contributed by atoms with Gasteiger partial charge in [-0.15, -0.1) is 0 Å². The molecule has 15 heavy (non-hydrogen) atoms. The number of aliphatic hydroxyl groups is 1. The molecule has 3 heteroatoms. The molecule has 1 aromatic heterocycles. The fraction of sp³-hybridized carbons (Fsp3) is 0.667. The lowest BCUT2D eigenvalue weighted by Crippen LogP contribution is -2.26. The lowest BCUT2D eigenvalue weighted by Gasteiger charge is -2.15. The highest BCUT2D eigenvalue weighted by Gasteiger charge is 2.08. The van der Waals surface area contributed by atoms with Crippen LogP contribution in [0.1, 0.15) is 38.4 Å². The van der Waals surface area contributed by atoms with E-state index in [9.17, 15) is 5.11 Å². The van der Waals surface area contributed by atoms with Gasteiger partial charge in [0.2, 0.25) is 0 Å². The number of hydrogen-bond acceptors (Lipinski definition) is 3. The van der Waals surface area contributed by atoms with Gasteiger partial charge >= 0.3 is 0 Å². The quantitative estimate of drug-likeness (QED) is 0.750. The second-order valence-electron chi connectivity index (χ2n) is 3.91. The van der Waals surface area contributed by atoms with Crippen molar-refractivity contribution < 1.29 is 5.11 Å². The molecule has 0 fully saturated rings. The monoisotopic (exact) mass is 227 g/mol. The van der Waals surface area contributed by atoms with E-state index >= 15 is 0 Å². The van der Waals surface area contributed by atoms with Gasteiger partial charge in [0.05, 0.1) is 6.10 Å². The minimum atomic E-state index is -0.356. The fourth-order valence-corrected chi connectivity index (χ4v) is 2.29. The Morgan fingerprint density at radius 1 is 1.33 bits per heavy atom. The molecule has 2 nitrogen and oxygen atoms in total. The number of rotatable bonds is 7. The van der Waals surface area contributed by atoms with Crippen molar-refractivity contribution in [3.05, 3.63) is 22.4 Å². The molecule has 0 radical (unpaired) electrons. The predicted molar refractivity (Wildman–Crippen MR) is 66.2 cm³/mol. The Balaban J connectivity index is 2.20. The zero-order chi connectivity index (χ0) is 11.1. The summed E-state index contributed by atoms with van der Waals surface area (Å²) in [7, 11) is 0. The van der Waals surface area contributed by atoms with Gasteiger partial charge in [-0.2, -0.15) is 11.3 Å². The van der Waals surface area contributed by atoms with E-state index in [-0.39, 0.29) is 6.10 Å². The number of nitrogens with one attached hydrogen (secondary N) is 1. The number of hydrogen-bond donors (Lipinski definition) is 2. The molecule has 0 saturated heterocycles. The summed E-state index contributed by atoms with van der Waals surface area (Å²) < 4.78 is 0. The molecule has 0 aliphatic heterocycles. The summed E-state index contributed by atoms with van der Waals surface area (Å²) in [6.45, 7) is 6.09. The number of thiophene rings is 1. The second kappa shape index (κ2) is 6.99. The topological polar surface area (TPSA) is 32.3 Å². The zero-order valence-corrected chi connectivity index (χ0v) is 10.4. The van der Waals surface area contributed by atoms with E-state index in [0.717, 1.165) is 18.0 Å². The Kier molecular flexibility index (Phi) is 5.91. The molecule has 0 aliphatic carbocycles. The van der Waals surface area contributed by atoms with E-state index in [4.69, 9.17) is 0 Å². The molecule has 86 valence electrons. The Labute approximate surface area is 96.3 Å². The molecule has 1 rings (SSSR count). The first-order chi connectivity index (χ1) is 7.27. The summed E-state index contributed by atoms with van der Waals surface area (Å²) in [5.74, 6) is 0.736. The second-order valence-corrected chi connectivity index (χ2v) is 4.69. The van der Waals surface area contributed by atoms with E-state index in [1.165, 1.54) is 12.8 Å². The van der Waals surface area contributed by atoms with Crippen LogP contribution in [0.2, 0.25) is 0 Å². The molecule has 0 bridgehead atoms. The zero-order valence-electron chi connectivity index (χ0n) is 9.57. The molecule has 0 aromatic carbocycles. The molecule has 0 spiro atoms. The van der Waals surface area contributed by atoms with Gasteiger partial charge < -0.3 is 10.4 Å². The lowest BCUT2D eigenvalue weighted by molar-refractivity contribution is 0.173. The maximum atomic E-state index is 9.81. The van der Waals surface area contributed by atoms with Crippen LogP contribution in [0.25, 0.3) is 0 Å². The van der Waals surface area contributed by atoms with Gasteiger partial charge in [0.15, 0.2) is 0 Å². The Hall–Kier alpha value is -0.380. The smallest absolute Gasteiger partial charge is 0.0922 e. The van der Waals surface area contributed by atoms with Crippen molar-refractivity contribution >= 4 is 11.3 Å². The van der Waals surface area contributed by atoms with Crippen molar-refractivity contribution in [3.8, 4) is 0 Å². The summed E-state index contributed by atoms with van der Waals surface area (Å²) in [5.41, 5.74) is 1.03. The first kappa shape index (κ1) is 12.7. The van der Waals surface area contributed by atoms with Crippen LogP contribution in [0.15, 0.2) is 16.8 Å². The highest BCUT2D eigenvalue weighted by Crippen LogP contribution is 2.15. The maximum absolute atomic E-state index is 9.81. The predicted octanol–water partition coefficient (Wildman–Crippen LogP) is 2.81. The minimum Gasteiger partial charge on any atom is -0.387 e. The average Bonchev–Trinajstić information content (AvgIpc) is 2.77. The SMILES string of the molecule is CCC(CC)CNCC(O)c1ccsc1. The van der Waals surface area contributed by atoms with E-state index in [2.05, 4.69) is 19.2 Å². The summed E-state index contributed by atoms with van der Waals surface area (Å²) >= 11 is 1.63. The number of aliphatic hydroxyl groups excluding tert-OH is 1. The van der Waals surface area contributed by atoms with Gasteiger partial charge in [-0.25, -0.2) is 0 Å².